The van der Waals surface area contributed by atoms with Crippen LogP contribution in [0, 0.1) is 17.1 Å². The van der Waals surface area contributed by atoms with Crippen LogP contribution in [0.3, 0.4) is 0 Å². The molecule has 2 aromatic carbocycles. The zero-order valence-electron chi connectivity index (χ0n) is 15.7. The van der Waals surface area contributed by atoms with Crippen molar-refractivity contribution in [1.82, 2.24) is 4.57 Å². The molecule has 0 fully saturated rings. The first-order chi connectivity index (χ1) is 13.3. The van der Waals surface area contributed by atoms with E-state index >= 15 is 0 Å². The Kier molecular flexibility index (Phi) is 5.25. The van der Waals surface area contributed by atoms with Gasteiger partial charge in [-0.1, -0.05) is 25.6 Å². The van der Waals surface area contributed by atoms with E-state index in [1.165, 1.54) is 12.1 Å². The quantitative estimate of drug-likeness (QED) is 0.659. The van der Waals surface area contributed by atoms with E-state index in [1.54, 1.807) is 19.1 Å². The van der Waals surface area contributed by atoms with Crippen LogP contribution in [0.4, 0.5) is 10.1 Å². The van der Waals surface area contributed by atoms with Crippen molar-refractivity contribution in [2.45, 2.75) is 13.8 Å². The minimum absolute atomic E-state index is 0.00370. The van der Waals surface area contributed by atoms with Crippen molar-refractivity contribution < 1.29 is 12.8 Å². The van der Waals surface area contributed by atoms with Crippen LogP contribution in [-0.4, -0.2) is 24.6 Å². The molecule has 0 bridgehead atoms. The molecule has 28 heavy (non-hydrogen) atoms. The summed E-state index contributed by atoms with van der Waals surface area (Å²) in [5.74, 6) is -0.644. The molecule has 1 N–H and O–H groups in total. The summed E-state index contributed by atoms with van der Waals surface area (Å²) in [6.45, 7) is 7.44. The van der Waals surface area contributed by atoms with Crippen molar-refractivity contribution in [3.05, 3.63) is 60.6 Å². The van der Waals surface area contributed by atoms with Crippen LogP contribution in [0.25, 0.3) is 27.7 Å². The van der Waals surface area contributed by atoms with Crippen LogP contribution in [0.5, 0.6) is 0 Å². The highest BCUT2D eigenvalue weighted by molar-refractivity contribution is 7.91. The van der Waals surface area contributed by atoms with Crippen molar-refractivity contribution in [2.24, 2.45) is 0 Å². The molecule has 0 aliphatic heterocycles. The Morgan fingerprint density at radius 1 is 1.29 bits per heavy atom. The number of hydrogen-bond acceptors (Lipinski definition) is 4. The number of hydrogen-bond donors (Lipinski definition) is 1. The highest BCUT2D eigenvalue weighted by atomic mass is 32.2. The van der Waals surface area contributed by atoms with Crippen molar-refractivity contribution in [2.75, 3.05) is 16.9 Å². The minimum atomic E-state index is -3.15. The van der Waals surface area contributed by atoms with Crippen molar-refractivity contribution in [1.29, 1.82) is 5.26 Å². The molecule has 3 aromatic rings. The summed E-state index contributed by atoms with van der Waals surface area (Å²) in [4.78, 5) is 0. The average Bonchev–Trinajstić information content (AvgIpc) is 3.05. The third kappa shape index (κ3) is 3.78. The SMILES string of the molecule is C=C(C)n1cc(-c2ccc(C#N)c(F)c2)c2ccc(NCS(=O)(=O)CC)cc21. The smallest absolute Gasteiger partial charge is 0.167 e. The first-order valence-corrected chi connectivity index (χ1v) is 10.5. The molecule has 1 aromatic heterocycles. The van der Waals surface area contributed by atoms with Crippen LogP contribution < -0.4 is 5.32 Å². The Bertz CT molecular complexity index is 1220. The fourth-order valence-electron chi connectivity index (χ4n) is 2.95. The van der Waals surface area contributed by atoms with Gasteiger partial charge in [0.05, 0.1) is 11.1 Å². The summed E-state index contributed by atoms with van der Waals surface area (Å²) in [5, 5.41) is 12.7. The van der Waals surface area contributed by atoms with E-state index in [-0.39, 0.29) is 17.2 Å². The second-order valence-electron chi connectivity index (χ2n) is 6.54. The van der Waals surface area contributed by atoms with Gasteiger partial charge in [0, 0.05) is 34.3 Å². The predicted octanol–water partition coefficient (Wildman–Crippen LogP) is 4.61. The molecule has 0 aliphatic rings. The van der Waals surface area contributed by atoms with Gasteiger partial charge >= 0.3 is 0 Å². The molecule has 7 heteroatoms. The van der Waals surface area contributed by atoms with Gasteiger partial charge in [-0.3, -0.25) is 0 Å². The van der Waals surface area contributed by atoms with E-state index in [0.29, 0.717) is 11.3 Å². The first kappa shape index (κ1) is 19.6. The van der Waals surface area contributed by atoms with Crippen LogP contribution in [0.15, 0.2) is 49.2 Å². The molecule has 3 rings (SSSR count). The molecule has 144 valence electrons. The lowest BCUT2D eigenvalue weighted by molar-refractivity contribution is 0.599. The Balaban J connectivity index is 2.10. The van der Waals surface area contributed by atoms with Crippen molar-refractivity contribution in [3.63, 3.8) is 0 Å². The number of sulfone groups is 1. The lowest BCUT2D eigenvalue weighted by Gasteiger charge is -2.08. The molecular weight excluding hydrogens is 377 g/mol. The Labute approximate surface area is 163 Å². The van der Waals surface area contributed by atoms with E-state index in [9.17, 15) is 12.8 Å². The van der Waals surface area contributed by atoms with Crippen LogP contribution >= 0.6 is 0 Å². The third-order valence-corrected chi connectivity index (χ3v) is 6.02. The van der Waals surface area contributed by atoms with Gasteiger partial charge < -0.3 is 9.88 Å². The molecule has 1 heterocycles. The van der Waals surface area contributed by atoms with Gasteiger partial charge in [-0.2, -0.15) is 5.26 Å². The molecule has 0 radical (unpaired) electrons. The number of anilines is 1. The lowest BCUT2D eigenvalue weighted by Crippen LogP contribution is -2.16. The maximum absolute atomic E-state index is 14.1. The number of benzene rings is 2. The number of nitriles is 1. The molecule has 0 saturated heterocycles. The normalized spacial score (nSPS) is 11.4. The number of fused-ring (bicyclic) bond motifs is 1. The minimum Gasteiger partial charge on any atom is -0.371 e. The maximum Gasteiger partial charge on any atom is 0.167 e. The number of rotatable bonds is 6. The zero-order valence-corrected chi connectivity index (χ0v) is 16.5. The summed E-state index contributed by atoms with van der Waals surface area (Å²) in [7, 11) is -3.15. The van der Waals surface area contributed by atoms with Gasteiger partial charge in [0.1, 0.15) is 17.8 Å². The van der Waals surface area contributed by atoms with Crippen LogP contribution in [0.1, 0.15) is 19.4 Å². The molecule has 0 amide bonds. The third-order valence-electron chi connectivity index (χ3n) is 4.55. The van der Waals surface area contributed by atoms with Crippen LogP contribution in [0.2, 0.25) is 0 Å². The summed E-state index contributed by atoms with van der Waals surface area (Å²) < 4.78 is 39.5. The highest BCUT2D eigenvalue weighted by Crippen LogP contribution is 2.34. The van der Waals surface area contributed by atoms with E-state index in [4.69, 9.17) is 5.26 Å². The molecule has 5 nitrogen and oxygen atoms in total. The van der Waals surface area contributed by atoms with Crippen molar-refractivity contribution in [3.8, 4) is 17.2 Å². The number of aromatic nitrogens is 1. The predicted molar refractivity (Wildman–Crippen MR) is 111 cm³/mol. The topological polar surface area (TPSA) is 74.9 Å². The fourth-order valence-corrected chi connectivity index (χ4v) is 3.54. The molecule has 0 atom stereocenters. The average molecular weight is 397 g/mol. The van der Waals surface area contributed by atoms with Crippen molar-refractivity contribution >= 4 is 32.1 Å². The summed E-state index contributed by atoms with van der Waals surface area (Å²) in [5.41, 5.74) is 3.71. The summed E-state index contributed by atoms with van der Waals surface area (Å²) >= 11 is 0. The number of halogens is 1. The molecule has 0 saturated carbocycles. The standard InChI is InChI=1S/C21H20FN3O2S/c1-4-28(26,27)13-24-17-7-8-18-19(12-25(14(2)3)21(18)10-17)15-5-6-16(11-23)20(22)9-15/h5-10,12,24H,2,4,13H2,1,3H3. The van der Waals surface area contributed by atoms with Gasteiger partial charge in [0.15, 0.2) is 9.84 Å². The monoisotopic (exact) mass is 397 g/mol. The Morgan fingerprint density at radius 2 is 2.04 bits per heavy atom. The van der Waals surface area contributed by atoms with E-state index < -0.39 is 15.7 Å². The number of allylic oxidation sites excluding steroid dienone is 1. The number of nitrogens with zero attached hydrogens (tertiary/aromatic N) is 2. The Morgan fingerprint density at radius 3 is 2.64 bits per heavy atom. The molecule has 0 spiro atoms. The fraction of sp³-hybridized carbons (Fsp3) is 0.190. The van der Waals surface area contributed by atoms with E-state index in [1.807, 2.05) is 35.9 Å². The second-order valence-corrected chi connectivity index (χ2v) is 8.89. The maximum atomic E-state index is 14.1. The zero-order chi connectivity index (χ0) is 20.5. The lowest BCUT2D eigenvalue weighted by atomic mass is 10.0. The van der Waals surface area contributed by atoms with E-state index in [0.717, 1.165) is 22.2 Å². The van der Waals surface area contributed by atoms with Crippen LogP contribution in [-0.2, 0) is 9.84 Å². The molecular formula is C21H20FN3O2S. The van der Waals surface area contributed by atoms with Gasteiger partial charge in [-0.05, 0) is 36.8 Å². The van der Waals surface area contributed by atoms with E-state index in [2.05, 4.69) is 11.9 Å². The largest absolute Gasteiger partial charge is 0.371 e. The van der Waals surface area contributed by atoms with Gasteiger partial charge in [0.25, 0.3) is 0 Å². The molecule has 0 unspecified atom stereocenters. The van der Waals surface area contributed by atoms with Gasteiger partial charge in [0.2, 0.25) is 0 Å². The highest BCUT2D eigenvalue weighted by Gasteiger charge is 2.14. The van der Waals surface area contributed by atoms with Gasteiger partial charge in [-0.25, -0.2) is 12.8 Å². The molecule has 0 aliphatic carbocycles. The summed E-state index contributed by atoms with van der Waals surface area (Å²) in [6, 6.07) is 11.8. The summed E-state index contributed by atoms with van der Waals surface area (Å²) in [6.07, 6.45) is 1.86. The Hall–Kier alpha value is -3.11. The number of nitrogens with one attached hydrogen (secondary N) is 1. The van der Waals surface area contributed by atoms with Gasteiger partial charge in [-0.15, -0.1) is 0 Å². The first-order valence-electron chi connectivity index (χ1n) is 8.71. The second kappa shape index (κ2) is 7.49.